The Balaban J connectivity index is 1.59. The molecule has 2 atom stereocenters. The fraction of sp³-hybridized carbons (Fsp3) is 0.381. The normalized spacial score (nSPS) is 19.4. The topological polar surface area (TPSA) is 25.4 Å². The van der Waals surface area contributed by atoms with Crippen LogP contribution in [-0.4, -0.2) is 29.6 Å². The summed E-state index contributed by atoms with van der Waals surface area (Å²) in [6, 6.07) is 14.1. The van der Waals surface area contributed by atoms with E-state index in [1.165, 1.54) is 21.4 Å². The number of benzene rings is 2. The average molecular weight is 353 g/mol. The highest BCUT2D eigenvalue weighted by Crippen LogP contribution is 2.31. The monoisotopic (exact) mass is 352 g/mol. The third-order valence-corrected chi connectivity index (χ3v) is 6.28. The standard InChI is InChI=1S/C21H24N2OS/c1-14-10-17-4-6-19(24-3)11-18(17)8-9-23(14)15(2)16-5-7-21-20(12-16)22-13-25-21/h4-7,11-15H,8-10H2,1-3H3. The van der Waals surface area contributed by atoms with Crippen LogP contribution in [0.5, 0.6) is 5.75 Å². The van der Waals surface area contributed by atoms with Gasteiger partial charge in [-0.3, -0.25) is 4.90 Å². The summed E-state index contributed by atoms with van der Waals surface area (Å²) in [7, 11) is 1.74. The first-order valence-corrected chi connectivity index (χ1v) is 9.78. The van der Waals surface area contributed by atoms with Crippen molar-refractivity contribution in [3.8, 4) is 5.75 Å². The van der Waals surface area contributed by atoms with Crippen molar-refractivity contribution in [2.24, 2.45) is 0 Å². The van der Waals surface area contributed by atoms with E-state index in [2.05, 4.69) is 60.1 Å². The third-order valence-electron chi connectivity index (χ3n) is 5.47. The van der Waals surface area contributed by atoms with Gasteiger partial charge in [0.15, 0.2) is 0 Å². The van der Waals surface area contributed by atoms with Crippen LogP contribution in [0, 0.1) is 0 Å². The van der Waals surface area contributed by atoms with E-state index in [0.29, 0.717) is 12.1 Å². The van der Waals surface area contributed by atoms with Gasteiger partial charge < -0.3 is 4.74 Å². The highest BCUT2D eigenvalue weighted by atomic mass is 32.1. The molecule has 25 heavy (non-hydrogen) atoms. The van der Waals surface area contributed by atoms with Crippen molar-refractivity contribution in [2.45, 2.75) is 38.8 Å². The molecule has 0 saturated heterocycles. The van der Waals surface area contributed by atoms with Crippen LogP contribution >= 0.6 is 11.3 Å². The number of methoxy groups -OCH3 is 1. The summed E-state index contributed by atoms with van der Waals surface area (Å²) in [5.74, 6) is 0.960. The molecule has 4 rings (SSSR count). The van der Waals surface area contributed by atoms with Gasteiger partial charge in [-0.2, -0.15) is 0 Å². The Hall–Kier alpha value is -1.91. The maximum absolute atomic E-state index is 5.41. The van der Waals surface area contributed by atoms with Crippen molar-refractivity contribution >= 4 is 21.6 Å². The van der Waals surface area contributed by atoms with E-state index in [4.69, 9.17) is 4.74 Å². The van der Waals surface area contributed by atoms with E-state index in [9.17, 15) is 0 Å². The van der Waals surface area contributed by atoms with E-state index in [-0.39, 0.29) is 0 Å². The quantitative estimate of drug-likeness (QED) is 0.673. The van der Waals surface area contributed by atoms with Crippen molar-refractivity contribution < 1.29 is 4.74 Å². The Kier molecular flexibility index (Phi) is 4.48. The highest BCUT2D eigenvalue weighted by Gasteiger charge is 2.25. The molecule has 0 aliphatic carbocycles. The largest absolute Gasteiger partial charge is 0.497 e. The summed E-state index contributed by atoms with van der Waals surface area (Å²) in [6.07, 6.45) is 2.16. The Morgan fingerprint density at radius 3 is 2.92 bits per heavy atom. The summed E-state index contributed by atoms with van der Waals surface area (Å²) in [4.78, 5) is 7.11. The zero-order chi connectivity index (χ0) is 17.4. The van der Waals surface area contributed by atoms with E-state index in [1.807, 2.05) is 5.51 Å². The molecule has 0 amide bonds. The van der Waals surface area contributed by atoms with Crippen LogP contribution in [0.2, 0.25) is 0 Å². The smallest absolute Gasteiger partial charge is 0.119 e. The molecule has 0 saturated carbocycles. The van der Waals surface area contributed by atoms with Crippen LogP contribution in [0.25, 0.3) is 10.2 Å². The molecule has 4 heteroatoms. The molecule has 1 aromatic heterocycles. The van der Waals surface area contributed by atoms with Gasteiger partial charge in [-0.05, 0) is 67.6 Å². The molecule has 0 N–H and O–H groups in total. The predicted molar refractivity (Wildman–Crippen MR) is 105 cm³/mol. The summed E-state index contributed by atoms with van der Waals surface area (Å²) >= 11 is 1.71. The Labute approximate surface area is 153 Å². The number of hydrogen-bond donors (Lipinski definition) is 0. The van der Waals surface area contributed by atoms with Crippen molar-refractivity contribution in [1.29, 1.82) is 0 Å². The van der Waals surface area contributed by atoms with Crippen LogP contribution in [0.1, 0.15) is 36.6 Å². The Bertz CT molecular complexity index is 888. The molecule has 1 aliphatic heterocycles. The number of aromatic nitrogens is 1. The molecule has 0 radical (unpaired) electrons. The van der Waals surface area contributed by atoms with Gasteiger partial charge in [0.1, 0.15) is 5.75 Å². The maximum Gasteiger partial charge on any atom is 0.119 e. The van der Waals surface area contributed by atoms with Gasteiger partial charge in [-0.1, -0.05) is 12.1 Å². The van der Waals surface area contributed by atoms with E-state index in [1.54, 1.807) is 18.4 Å². The summed E-state index contributed by atoms with van der Waals surface area (Å²) in [6.45, 7) is 5.73. The lowest BCUT2D eigenvalue weighted by Gasteiger charge is -2.33. The molecular formula is C21H24N2OS. The number of fused-ring (bicyclic) bond motifs is 2. The van der Waals surface area contributed by atoms with Crippen molar-refractivity contribution in [3.05, 3.63) is 58.6 Å². The molecule has 0 bridgehead atoms. The minimum absolute atomic E-state index is 0.386. The van der Waals surface area contributed by atoms with Crippen molar-refractivity contribution in [3.63, 3.8) is 0 Å². The second-order valence-electron chi connectivity index (χ2n) is 6.93. The zero-order valence-corrected chi connectivity index (χ0v) is 15.8. The molecule has 2 heterocycles. The van der Waals surface area contributed by atoms with Gasteiger partial charge in [0.25, 0.3) is 0 Å². The number of ether oxygens (including phenoxy) is 1. The first kappa shape index (κ1) is 16.6. The second-order valence-corrected chi connectivity index (χ2v) is 7.82. The van der Waals surface area contributed by atoms with Crippen LogP contribution in [-0.2, 0) is 12.8 Å². The fourth-order valence-corrected chi connectivity index (χ4v) is 4.63. The van der Waals surface area contributed by atoms with E-state index >= 15 is 0 Å². The second kappa shape index (κ2) is 6.77. The van der Waals surface area contributed by atoms with Crippen molar-refractivity contribution in [1.82, 2.24) is 9.88 Å². The lowest BCUT2D eigenvalue weighted by atomic mass is 10.00. The van der Waals surface area contributed by atoms with Gasteiger partial charge in [0.05, 0.1) is 22.8 Å². The fourth-order valence-electron chi connectivity index (χ4n) is 3.97. The number of hydrogen-bond acceptors (Lipinski definition) is 4. The highest BCUT2D eigenvalue weighted by molar-refractivity contribution is 7.16. The molecule has 3 aromatic rings. The van der Waals surface area contributed by atoms with E-state index in [0.717, 1.165) is 30.7 Å². The van der Waals surface area contributed by atoms with Gasteiger partial charge in [0, 0.05) is 18.6 Å². The molecule has 2 unspecified atom stereocenters. The SMILES string of the molecule is COc1ccc2c(c1)CCN(C(C)c1ccc3scnc3c1)C(C)C2. The number of rotatable bonds is 3. The minimum Gasteiger partial charge on any atom is -0.497 e. The molecule has 1 aliphatic rings. The van der Waals surface area contributed by atoms with Crippen LogP contribution < -0.4 is 4.74 Å². The Morgan fingerprint density at radius 2 is 2.08 bits per heavy atom. The summed E-state index contributed by atoms with van der Waals surface area (Å²) in [5.41, 5.74) is 7.28. The predicted octanol–water partition coefficient (Wildman–Crippen LogP) is 4.86. The van der Waals surface area contributed by atoms with Crippen LogP contribution in [0.3, 0.4) is 0 Å². The number of thiazole rings is 1. The third kappa shape index (κ3) is 3.16. The maximum atomic E-state index is 5.41. The van der Waals surface area contributed by atoms with Gasteiger partial charge >= 0.3 is 0 Å². The Morgan fingerprint density at radius 1 is 1.20 bits per heavy atom. The molecule has 130 valence electrons. The first-order valence-electron chi connectivity index (χ1n) is 8.90. The minimum atomic E-state index is 0.386. The van der Waals surface area contributed by atoms with Gasteiger partial charge in [-0.25, -0.2) is 4.98 Å². The van der Waals surface area contributed by atoms with Crippen LogP contribution in [0.15, 0.2) is 41.9 Å². The van der Waals surface area contributed by atoms with Crippen LogP contribution in [0.4, 0.5) is 0 Å². The summed E-state index contributed by atoms with van der Waals surface area (Å²) in [5, 5.41) is 0. The van der Waals surface area contributed by atoms with Gasteiger partial charge in [-0.15, -0.1) is 11.3 Å². The average Bonchev–Trinajstić information content (AvgIpc) is 3.03. The number of nitrogens with zero attached hydrogens (tertiary/aromatic N) is 2. The lowest BCUT2D eigenvalue weighted by molar-refractivity contribution is 0.160. The molecule has 0 spiro atoms. The van der Waals surface area contributed by atoms with E-state index < -0.39 is 0 Å². The zero-order valence-electron chi connectivity index (χ0n) is 15.0. The molecule has 0 fully saturated rings. The van der Waals surface area contributed by atoms with Gasteiger partial charge in [0.2, 0.25) is 0 Å². The van der Waals surface area contributed by atoms with Crippen molar-refractivity contribution in [2.75, 3.05) is 13.7 Å². The summed E-state index contributed by atoms with van der Waals surface area (Å²) < 4.78 is 6.67. The molecule has 2 aromatic carbocycles. The lowest BCUT2D eigenvalue weighted by Crippen LogP contribution is -2.36. The molecule has 3 nitrogen and oxygen atoms in total. The first-order chi connectivity index (χ1) is 12.2. The molecular weight excluding hydrogens is 328 g/mol.